The van der Waals surface area contributed by atoms with E-state index in [0.29, 0.717) is 18.4 Å². The molecule has 27 heavy (non-hydrogen) atoms. The van der Waals surface area contributed by atoms with Gasteiger partial charge in [-0.25, -0.2) is 17.6 Å². The zero-order chi connectivity index (χ0) is 20.0. The second-order valence-corrected chi connectivity index (χ2v) is 5.81. The van der Waals surface area contributed by atoms with Crippen LogP contribution in [0.2, 0.25) is 0 Å². The molecule has 1 aromatic carbocycles. The zero-order valence-corrected chi connectivity index (χ0v) is 14.3. The normalized spacial score (nSPS) is 21.0. The minimum absolute atomic E-state index is 0.0188. The first-order valence-corrected chi connectivity index (χ1v) is 8.13. The van der Waals surface area contributed by atoms with Crippen LogP contribution in [0.3, 0.4) is 0 Å². The predicted octanol–water partition coefficient (Wildman–Crippen LogP) is 4.88. The van der Waals surface area contributed by atoms with Crippen LogP contribution < -0.4 is 9.47 Å². The van der Waals surface area contributed by atoms with Gasteiger partial charge in [0, 0.05) is 24.1 Å². The molecule has 1 heterocycles. The van der Waals surface area contributed by atoms with Crippen molar-refractivity contribution in [3.63, 3.8) is 0 Å². The molecular weight excluding hydrogens is 382 g/mol. The molecule has 0 aliphatic carbocycles. The van der Waals surface area contributed by atoms with Gasteiger partial charge in [0.25, 0.3) is 12.7 Å². The molecule has 1 fully saturated rings. The lowest BCUT2D eigenvalue weighted by Crippen LogP contribution is -2.47. The summed E-state index contributed by atoms with van der Waals surface area (Å²) in [5.41, 5.74) is 0. The van der Waals surface area contributed by atoms with E-state index in [2.05, 4.69) is 9.47 Å². The Balaban J connectivity index is 2.03. The van der Waals surface area contributed by atoms with Gasteiger partial charge in [-0.05, 0) is 6.42 Å². The van der Waals surface area contributed by atoms with E-state index < -0.39 is 42.0 Å². The van der Waals surface area contributed by atoms with Crippen molar-refractivity contribution in [2.45, 2.75) is 38.6 Å². The quantitative estimate of drug-likeness (QED) is 0.460. The minimum atomic E-state index is -4.01. The fourth-order valence-corrected chi connectivity index (χ4v) is 2.39. The number of halogens is 6. The van der Waals surface area contributed by atoms with Crippen molar-refractivity contribution in [1.29, 1.82) is 0 Å². The lowest BCUT2D eigenvalue weighted by Gasteiger charge is -2.33. The maximum absolute atomic E-state index is 14.1. The van der Waals surface area contributed by atoms with Crippen LogP contribution in [0.25, 0.3) is 0 Å². The van der Waals surface area contributed by atoms with Crippen LogP contribution in [0.1, 0.15) is 19.8 Å². The van der Waals surface area contributed by atoms with Crippen molar-refractivity contribution in [1.82, 2.24) is 0 Å². The molecule has 1 aromatic rings. The Morgan fingerprint density at radius 3 is 2.30 bits per heavy atom. The van der Waals surface area contributed by atoms with Gasteiger partial charge in [0.15, 0.2) is 17.4 Å². The SMILES string of the molecule is CCCC1COC(C(F)(F)Oc2cc(F)c(O/C=C/C(F)F)c(F)c2)OC1. The summed E-state index contributed by atoms with van der Waals surface area (Å²) in [6, 6.07) is 0.872. The third-order valence-electron chi connectivity index (χ3n) is 3.57. The first-order chi connectivity index (χ1) is 12.7. The number of alkyl halides is 4. The van der Waals surface area contributed by atoms with E-state index in [4.69, 9.17) is 9.47 Å². The second-order valence-electron chi connectivity index (χ2n) is 5.81. The summed E-state index contributed by atoms with van der Waals surface area (Å²) in [5.74, 6) is -4.71. The molecule has 0 amide bonds. The van der Waals surface area contributed by atoms with Gasteiger partial charge in [0.05, 0.1) is 19.5 Å². The van der Waals surface area contributed by atoms with E-state index in [1.807, 2.05) is 6.92 Å². The topological polar surface area (TPSA) is 36.9 Å². The van der Waals surface area contributed by atoms with Crippen LogP contribution >= 0.6 is 0 Å². The Morgan fingerprint density at radius 1 is 1.19 bits per heavy atom. The summed E-state index contributed by atoms with van der Waals surface area (Å²) >= 11 is 0. The van der Waals surface area contributed by atoms with E-state index in [9.17, 15) is 26.3 Å². The summed E-state index contributed by atoms with van der Waals surface area (Å²) in [6.07, 6.45) is -6.69. The molecule has 152 valence electrons. The van der Waals surface area contributed by atoms with E-state index in [-0.39, 0.29) is 25.2 Å². The number of benzene rings is 1. The minimum Gasteiger partial charge on any atom is -0.459 e. The molecule has 1 aliphatic rings. The molecule has 0 radical (unpaired) electrons. The van der Waals surface area contributed by atoms with Gasteiger partial charge in [0.1, 0.15) is 5.75 Å². The standard InChI is InChI=1S/C17H18F6O4/c1-2-3-10-8-25-16(26-9-10)17(22,23)27-11-6-12(18)15(13(19)7-11)24-5-4-14(20)21/h4-7,10,14,16H,2-3,8-9H2,1H3/b5-4+. The highest BCUT2D eigenvalue weighted by atomic mass is 19.3. The van der Waals surface area contributed by atoms with Crippen molar-refractivity contribution < 1.29 is 45.3 Å². The van der Waals surface area contributed by atoms with E-state index >= 15 is 0 Å². The van der Waals surface area contributed by atoms with Gasteiger partial charge in [-0.2, -0.15) is 8.78 Å². The fraction of sp³-hybridized carbons (Fsp3) is 0.529. The number of rotatable bonds is 8. The highest BCUT2D eigenvalue weighted by molar-refractivity contribution is 5.35. The molecule has 0 aromatic heterocycles. The van der Waals surface area contributed by atoms with Crippen LogP contribution in [0.4, 0.5) is 26.3 Å². The van der Waals surface area contributed by atoms with Crippen molar-refractivity contribution in [2.24, 2.45) is 5.92 Å². The maximum atomic E-state index is 14.1. The molecule has 0 atom stereocenters. The second kappa shape index (κ2) is 9.32. The predicted molar refractivity (Wildman–Crippen MR) is 81.8 cm³/mol. The molecule has 0 bridgehead atoms. The fourth-order valence-electron chi connectivity index (χ4n) is 2.39. The number of ether oxygens (including phenoxy) is 4. The van der Waals surface area contributed by atoms with Crippen LogP contribution in [0.15, 0.2) is 24.5 Å². The summed E-state index contributed by atoms with van der Waals surface area (Å²) < 4.78 is 98.4. The molecule has 1 saturated heterocycles. The van der Waals surface area contributed by atoms with Crippen LogP contribution in [0, 0.1) is 17.6 Å². The first kappa shape index (κ1) is 21.4. The van der Waals surface area contributed by atoms with Gasteiger partial charge in [0.2, 0.25) is 0 Å². The van der Waals surface area contributed by atoms with Crippen LogP contribution in [0.5, 0.6) is 11.5 Å². The smallest absolute Gasteiger partial charge is 0.451 e. The highest BCUT2D eigenvalue weighted by Crippen LogP contribution is 2.34. The van der Waals surface area contributed by atoms with Crippen molar-refractivity contribution in [3.8, 4) is 11.5 Å². The molecule has 2 rings (SSSR count). The third kappa shape index (κ3) is 6.03. The van der Waals surface area contributed by atoms with E-state index in [0.717, 1.165) is 12.8 Å². The highest BCUT2D eigenvalue weighted by Gasteiger charge is 2.47. The molecule has 0 unspecified atom stereocenters. The molecular formula is C17H18F6O4. The van der Waals surface area contributed by atoms with Crippen molar-refractivity contribution in [2.75, 3.05) is 13.2 Å². The molecule has 0 N–H and O–H groups in total. The number of hydrogen-bond donors (Lipinski definition) is 0. The lowest BCUT2D eigenvalue weighted by atomic mass is 10.1. The first-order valence-electron chi connectivity index (χ1n) is 8.13. The monoisotopic (exact) mass is 400 g/mol. The van der Waals surface area contributed by atoms with E-state index in [1.165, 1.54) is 0 Å². The molecule has 0 saturated carbocycles. The number of hydrogen-bond acceptors (Lipinski definition) is 4. The summed E-state index contributed by atoms with van der Waals surface area (Å²) in [4.78, 5) is 0. The Morgan fingerprint density at radius 2 is 1.78 bits per heavy atom. The Kier molecular flexibility index (Phi) is 7.37. The van der Waals surface area contributed by atoms with Crippen LogP contribution in [-0.2, 0) is 9.47 Å². The van der Waals surface area contributed by atoms with E-state index in [1.54, 1.807) is 0 Å². The molecule has 0 spiro atoms. The van der Waals surface area contributed by atoms with Gasteiger partial charge in [-0.1, -0.05) is 13.3 Å². The maximum Gasteiger partial charge on any atom is 0.451 e. The Bertz CT molecular complexity index is 621. The Hall–Kier alpha value is -1.94. The van der Waals surface area contributed by atoms with Crippen molar-refractivity contribution in [3.05, 3.63) is 36.1 Å². The average molecular weight is 400 g/mol. The number of allylic oxidation sites excluding steroid dienone is 1. The van der Waals surface area contributed by atoms with Gasteiger partial charge in [-0.3, -0.25) is 0 Å². The molecule has 1 aliphatic heterocycles. The average Bonchev–Trinajstić information content (AvgIpc) is 2.57. The summed E-state index contributed by atoms with van der Waals surface area (Å²) in [7, 11) is 0. The molecule has 4 nitrogen and oxygen atoms in total. The van der Waals surface area contributed by atoms with Gasteiger partial charge >= 0.3 is 6.11 Å². The summed E-state index contributed by atoms with van der Waals surface area (Å²) in [6.45, 7) is 2.02. The summed E-state index contributed by atoms with van der Waals surface area (Å²) in [5, 5.41) is 0. The zero-order valence-electron chi connectivity index (χ0n) is 14.3. The van der Waals surface area contributed by atoms with Crippen molar-refractivity contribution >= 4 is 0 Å². The van der Waals surface area contributed by atoms with Gasteiger partial charge < -0.3 is 18.9 Å². The molecule has 10 heteroatoms. The Labute approximate surface area is 151 Å². The van der Waals surface area contributed by atoms with Gasteiger partial charge in [-0.15, -0.1) is 0 Å². The largest absolute Gasteiger partial charge is 0.459 e. The third-order valence-corrected chi connectivity index (χ3v) is 3.57. The lowest BCUT2D eigenvalue weighted by molar-refractivity contribution is -0.352. The van der Waals surface area contributed by atoms with Crippen LogP contribution in [-0.4, -0.2) is 32.0 Å².